The number of rotatable bonds is 3. The van der Waals surface area contributed by atoms with Crippen LogP contribution in [0, 0.1) is 0 Å². The zero-order valence-corrected chi connectivity index (χ0v) is 10.8. The molecule has 0 saturated heterocycles. The average molecular weight is 281 g/mol. The second-order valence-corrected chi connectivity index (χ2v) is 6.78. The third-order valence-electron chi connectivity index (χ3n) is 2.08. The Morgan fingerprint density at radius 2 is 2.14 bits per heavy atom. The van der Waals surface area contributed by atoms with Crippen LogP contribution in [-0.4, -0.2) is 23.2 Å². The summed E-state index contributed by atoms with van der Waals surface area (Å²) in [6.07, 6.45) is 1.60. The molecule has 1 heterocycles. The summed E-state index contributed by atoms with van der Waals surface area (Å²) < 4.78 is 25.7. The minimum absolute atomic E-state index is 0.00718. The van der Waals surface area contributed by atoms with Gasteiger partial charge in [0, 0.05) is 7.05 Å². The molecule has 0 unspecified atom stereocenters. The highest BCUT2D eigenvalue weighted by molar-refractivity contribution is 9.10. The van der Waals surface area contributed by atoms with Crippen LogP contribution in [0.4, 0.5) is 0 Å². The highest BCUT2D eigenvalue weighted by Gasteiger charge is 2.19. The van der Waals surface area contributed by atoms with E-state index in [9.17, 15) is 8.42 Å². The second-order valence-electron chi connectivity index (χ2n) is 3.41. The Morgan fingerprint density at radius 3 is 2.50 bits per heavy atom. The molecule has 1 aromatic heterocycles. The van der Waals surface area contributed by atoms with E-state index in [-0.39, 0.29) is 11.0 Å². The second kappa shape index (κ2) is 4.02. The van der Waals surface area contributed by atoms with Crippen LogP contribution in [0.3, 0.4) is 0 Å². The highest BCUT2D eigenvalue weighted by atomic mass is 79.9. The number of aromatic nitrogens is 2. The van der Waals surface area contributed by atoms with Gasteiger partial charge in [-0.15, -0.1) is 0 Å². The molecule has 0 N–H and O–H groups in total. The van der Waals surface area contributed by atoms with Gasteiger partial charge in [-0.05, 0) is 29.8 Å². The van der Waals surface area contributed by atoms with Crippen LogP contribution >= 0.6 is 15.9 Å². The Labute approximate surface area is 92.4 Å². The maximum absolute atomic E-state index is 11.6. The summed E-state index contributed by atoms with van der Waals surface area (Å²) in [6, 6.07) is 0. The van der Waals surface area contributed by atoms with Crippen LogP contribution in [-0.2, 0) is 22.6 Å². The molecule has 1 rings (SSSR count). The number of hydrogen-bond donors (Lipinski definition) is 0. The highest BCUT2D eigenvalue weighted by Crippen LogP contribution is 2.14. The summed E-state index contributed by atoms with van der Waals surface area (Å²) in [5.41, 5.74) is 0. The van der Waals surface area contributed by atoms with Crippen molar-refractivity contribution in [3.63, 3.8) is 0 Å². The van der Waals surface area contributed by atoms with Crippen molar-refractivity contribution < 1.29 is 8.42 Å². The topological polar surface area (TPSA) is 52.0 Å². The third-order valence-corrected chi connectivity index (χ3v) is 4.91. The van der Waals surface area contributed by atoms with Gasteiger partial charge in [-0.25, -0.2) is 13.4 Å². The monoisotopic (exact) mass is 280 g/mol. The molecule has 0 aliphatic rings. The van der Waals surface area contributed by atoms with E-state index in [2.05, 4.69) is 20.9 Å². The molecule has 0 amide bonds. The lowest BCUT2D eigenvalue weighted by molar-refractivity contribution is 0.583. The number of imidazole rings is 1. The summed E-state index contributed by atoms with van der Waals surface area (Å²) in [5.74, 6) is 0.554. The first kappa shape index (κ1) is 11.7. The van der Waals surface area contributed by atoms with Gasteiger partial charge in [0.15, 0.2) is 9.84 Å². The summed E-state index contributed by atoms with van der Waals surface area (Å²) in [6.45, 7) is 3.35. The summed E-state index contributed by atoms with van der Waals surface area (Å²) in [4.78, 5) is 4.02. The quantitative estimate of drug-likeness (QED) is 0.843. The van der Waals surface area contributed by atoms with E-state index in [1.54, 1.807) is 31.7 Å². The first-order valence-electron chi connectivity index (χ1n) is 4.22. The van der Waals surface area contributed by atoms with Gasteiger partial charge in [0.25, 0.3) is 0 Å². The van der Waals surface area contributed by atoms with Crippen molar-refractivity contribution in [1.29, 1.82) is 0 Å². The normalized spacial score (nSPS) is 12.4. The molecule has 80 valence electrons. The fourth-order valence-electron chi connectivity index (χ4n) is 0.905. The summed E-state index contributed by atoms with van der Waals surface area (Å²) >= 11 is 3.27. The lowest BCUT2D eigenvalue weighted by atomic mass is 10.6. The van der Waals surface area contributed by atoms with E-state index < -0.39 is 9.84 Å². The average Bonchev–Trinajstić information content (AvgIpc) is 2.35. The van der Waals surface area contributed by atoms with E-state index in [1.165, 1.54) is 0 Å². The molecule has 6 heteroatoms. The van der Waals surface area contributed by atoms with Crippen LogP contribution in [0.2, 0.25) is 0 Å². The molecule has 0 spiro atoms. The molecule has 0 fully saturated rings. The Hall–Kier alpha value is -0.360. The molecular formula is C8H13BrN2O2S. The predicted octanol–water partition coefficient (Wildman–Crippen LogP) is 1.51. The molecule has 1 aromatic rings. The number of sulfone groups is 1. The van der Waals surface area contributed by atoms with E-state index in [0.29, 0.717) is 5.82 Å². The van der Waals surface area contributed by atoms with Crippen LogP contribution in [0.5, 0.6) is 0 Å². The van der Waals surface area contributed by atoms with Gasteiger partial charge in [0.2, 0.25) is 0 Å². The fraction of sp³-hybridized carbons (Fsp3) is 0.625. The Kier molecular flexibility index (Phi) is 3.36. The van der Waals surface area contributed by atoms with Gasteiger partial charge < -0.3 is 4.57 Å². The summed E-state index contributed by atoms with van der Waals surface area (Å²) in [7, 11) is -1.28. The first-order valence-corrected chi connectivity index (χ1v) is 6.73. The van der Waals surface area contributed by atoms with Crippen molar-refractivity contribution in [2.75, 3.05) is 0 Å². The fourth-order valence-corrected chi connectivity index (χ4v) is 2.17. The van der Waals surface area contributed by atoms with Crippen LogP contribution in [0.25, 0.3) is 0 Å². The lowest BCUT2D eigenvalue weighted by Crippen LogP contribution is -2.18. The van der Waals surface area contributed by atoms with Gasteiger partial charge in [0.1, 0.15) is 16.2 Å². The minimum Gasteiger partial charge on any atom is -0.325 e. The third kappa shape index (κ3) is 2.36. The van der Waals surface area contributed by atoms with Crippen LogP contribution in [0.15, 0.2) is 10.8 Å². The standard InChI is InChI=1S/C8H13BrN2O2S/c1-6(2)14(12,13)5-8-10-4-7(9)11(8)3/h4,6H,5H2,1-3H3. The largest absolute Gasteiger partial charge is 0.325 e. The molecule has 0 aromatic carbocycles. The van der Waals surface area contributed by atoms with E-state index in [0.717, 1.165) is 4.60 Å². The number of hydrogen-bond acceptors (Lipinski definition) is 3. The molecule has 0 saturated carbocycles. The Bertz CT molecular complexity index is 423. The molecular weight excluding hydrogens is 268 g/mol. The molecule has 0 atom stereocenters. The van der Waals surface area contributed by atoms with E-state index >= 15 is 0 Å². The maximum atomic E-state index is 11.6. The smallest absolute Gasteiger partial charge is 0.159 e. The molecule has 0 aliphatic carbocycles. The SMILES string of the molecule is CC(C)S(=O)(=O)Cc1ncc(Br)n1C. The molecule has 0 aliphatic heterocycles. The van der Waals surface area contributed by atoms with Crippen molar-refractivity contribution in [2.24, 2.45) is 7.05 Å². The van der Waals surface area contributed by atoms with Gasteiger partial charge in [0.05, 0.1) is 11.4 Å². The lowest BCUT2D eigenvalue weighted by Gasteiger charge is -2.07. The molecule has 0 bridgehead atoms. The molecule has 4 nitrogen and oxygen atoms in total. The van der Waals surface area contributed by atoms with Crippen molar-refractivity contribution in [3.05, 3.63) is 16.6 Å². The number of nitrogens with zero attached hydrogens (tertiary/aromatic N) is 2. The van der Waals surface area contributed by atoms with Gasteiger partial charge in [-0.2, -0.15) is 0 Å². The Balaban J connectivity index is 2.96. The zero-order valence-electron chi connectivity index (χ0n) is 8.36. The minimum atomic E-state index is -3.06. The van der Waals surface area contributed by atoms with Crippen molar-refractivity contribution >= 4 is 25.8 Å². The van der Waals surface area contributed by atoms with Gasteiger partial charge >= 0.3 is 0 Å². The summed E-state index contributed by atoms with van der Waals surface area (Å²) in [5, 5.41) is -0.363. The Morgan fingerprint density at radius 1 is 1.57 bits per heavy atom. The van der Waals surface area contributed by atoms with E-state index in [1.807, 2.05) is 0 Å². The van der Waals surface area contributed by atoms with Gasteiger partial charge in [-0.1, -0.05) is 0 Å². The van der Waals surface area contributed by atoms with Crippen molar-refractivity contribution in [3.8, 4) is 0 Å². The zero-order chi connectivity index (χ0) is 10.9. The molecule has 14 heavy (non-hydrogen) atoms. The maximum Gasteiger partial charge on any atom is 0.159 e. The van der Waals surface area contributed by atoms with Crippen LogP contribution in [0.1, 0.15) is 19.7 Å². The molecule has 0 radical (unpaired) electrons. The van der Waals surface area contributed by atoms with E-state index in [4.69, 9.17) is 0 Å². The van der Waals surface area contributed by atoms with Crippen LogP contribution < -0.4 is 0 Å². The van der Waals surface area contributed by atoms with Gasteiger partial charge in [-0.3, -0.25) is 0 Å². The first-order chi connectivity index (χ1) is 6.34. The van der Waals surface area contributed by atoms with Crippen molar-refractivity contribution in [1.82, 2.24) is 9.55 Å². The van der Waals surface area contributed by atoms with Crippen molar-refractivity contribution in [2.45, 2.75) is 24.9 Å². The number of halogens is 1. The predicted molar refractivity (Wildman–Crippen MR) is 58.7 cm³/mol.